The fourth-order valence-corrected chi connectivity index (χ4v) is 3.21. The lowest BCUT2D eigenvalue weighted by atomic mass is 10.3. The first kappa shape index (κ1) is 18.1. The molecule has 0 aliphatic rings. The number of nitriles is 1. The Labute approximate surface area is 160 Å². The number of halogens is 1. The van der Waals surface area contributed by atoms with E-state index >= 15 is 0 Å². The molecule has 0 saturated carbocycles. The number of hydrogen-bond donors (Lipinski definition) is 1. The first-order valence-corrected chi connectivity index (χ1v) is 9.16. The van der Waals surface area contributed by atoms with Gasteiger partial charge in [-0.25, -0.2) is 0 Å². The Balaban J connectivity index is 1.90. The van der Waals surface area contributed by atoms with E-state index in [9.17, 15) is 0 Å². The van der Waals surface area contributed by atoms with E-state index in [4.69, 9.17) is 21.6 Å². The Morgan fingerprint density at radius 1 is 1.19 bits per heavy atom. The van der Waals surface area contributed by atoms with Crippen molar-refractivity contribution in [3.8, 4) is 17.5 Å². The van der Waals surface area contributed by atoms with Crippen LogP contribution in [-0.4, -0.2) is 27.6 Å². The highest BCUT2D eigenvalue weighted by Crippen LogP contribution is 2.25. The van der Waals surface area contributed by atoms with Gasteiger partial charge in [0.15, 0.2) is 11.0 Å². The minimum absolute atomic E-state index is 0.298. The minimum atomic E-state index is 0.298. The molecule has 0 fully saturated rings. The van der Waals surface area contributed by atoms with Crippen molar-refractivity contribution in [2.45, 2.75) is 11.7 Å². The van der Waals surface area contributed by atoms with Gasteiger partial charge in [0.05, 0.1) is 36.2 Å². The van der Waals surface area contributed by atoms with Crippen LogP contribution in [0.15, 0.2) is 53.7 Å². The summed E-state index contributed by atoms with van der Waals surface area (Å²) in [5.41, 5.74) is 1.72. The summed E-state index contributed by atoms with van der Waals surface area (Å²) in [7, 11) is 1.63. The maximum absolute atomic E-state index is 8.87. The molecule has 0 spiro atoms. The number of thioether (sulfide) groups is 1. The van der Waals surface area contributed by atoms with Gasteiger partial charge in [-0.1, -0.05) is 35.5 Å². The smallest absolute Gasteiger partial charge is 0.196 e. The first-order chi connectivity index (χ1) is 12.7. The molecule has 0 amide bonds. The van der Waals surface area contributed by atoms with Crippen LogP contribution in [0.25, 0.3) is 5.69 Å². The van der Waals surface area contributed by atoms with Gasteiger partial charge in [0.25, 0.3) is 0 Å². The molecule has 3 rings (SSSR count). The molecule has 1 heterocycles. The van der Waals surface area contributed by atoms with Crippen molar-refractivity contribution < 1.29 is 4.74 Å². The molecule has 1 aromatic heterocycles. The molecule has 6 nitrogen and oxygen atoms in total. The molecule has 0 aliphatic heterocycles. The number of anilines is 1. The Morgan fingerprint density at radius 2 is 1.96 bits per heavy atom. The minimum Gasteiger partial charge on any atom is -0.497 e. The lowest BCUT2D eigenvalue weighted by molar-refractivity contribution is 0.414. The van der Waals surface area contributed by atoms with Crippen molar-refractivity contribution in [1.82, 2.24) is 14.8 Å². The molecular weight excluding hydrogens is 370 g/mol. The average Bonchev–Trinajstić information content (AvgIpc) is 3.08. The lowest BCUT2D eigenvalue weighted by Crippen LogP contribution is -2.08. The fraction of sp³-hybridized carbons (Fsp3) is 0.167. The summed E-state index contributed by atoms with van der Waals surface area (Å²) in [6.07, 6.45) is 0. The molecule has 2 aromatic carbocycles. The third-order valence-corrected chi connectivity index (χ3v) is 4.73. The van der Waals surface area contributed by atoms with E-state index in [-0.39, 0.29) is 0 Å². The Morgan fingerprint density at radius 3 is 2.65 bits per heavy atom. The quantitative estimate of drug-likeness (QED) is 0.615. The zero-order valence-electron chi connectivity index (χ0n) is 14.0. The number of rotatable bonds is 7. The van der Waals surface area contributed by atoms with Gasteiger partial charge < -0.3 is 10.1 Å². The maximum atomic E-state index is 8.87. The summed E-state index contributed by atoms with van der Waals surface area (Å²) >= 11 is 7.54. The van der Waals surface area contributed by atoms with Gasteiger partial charge >= 0.3 is 0 Å². The predicted molar refractivity (Wildman–Crippen MR) is 103 cm³/mol. The normalized spacial score (nSPS) is 10.3. The summed E-state index contributed by atoms with van der Waals surface area (Å²) in [5.74, 6) is 1.78. The molecule has 26 heavy (non-hydrogen) atoms. The summed E-state index contributed by atoms with van der Waals surface area (Å²) in [6.45, 7) is 0.440. The number of aromatic nitrogens is 3. The third kappa shape index (κ3) is 4.10. The molecule has 1 N–H and O–H groups in total. The van der Waals surface area contributed by atoms with Crippen LogP contribution in [0.4, 0.5) is 5.69 Å². The number of benzene rings is 2. The molecular formula is C18H16ClN5OS. The van der Waals surface area contributed by atoms with E-state index in [2.05, 4.69) is 21.6 Å². The summed E-state index contributed by atoms with van der Waals surface area (Å²) in [4.78, 5) is 0. The number of nitrogens with one attached hydrogen (secondary N) is 1. The van der Waals surface area contributed by atoms with Gasteiger partial charge in [-0.2, -0.15) is 5.26 Å². The molecule has 0 unspecified atom stereocenters. The van der Waals surface area contributed by atoms with Gasteiger partial charge in [0, 0.05) is 5.69 Å². The molecule has 0 aliphatic carbocycles. The molecule has 0 atom stereocenters. The van der Waals surface area contributed by atoms with E-state index in [1.807, 2.05) is 53.1 Å². The Kier molecular flexibility index (Phi) is 6.00. The van der Waals surface area contributed by atoms with Gasteiger partial charge in [-0.05, 0) is 36.4 Å². The lowest BCUT2D eigenvalue weighted by Gasteiger charge is -2.12. The summed E-state index contributed by atoms with van der Waals surface area (Å²) in [6, 6.07) is 17.2. The van der Waals surface area contributed by atoms with Crippen molar-refractivity contribution in [3.63, 3.8) is 0 Å². The molecule has 132 valence electrons. The molecule has 0 radical (unpaired) electrons. The van der Waals surface area contributed by atoms with E-state index in [1.54, 1.807) is 7.11 Å². The molecule has 3 aromatic rings. The number of hydrogen-bond acceptors (Lipinski definition) is 6. The summed E-state index contributed by atoms with van der Waals surface area (Å²) < 4.78 is 7.14. The van der Waals surface area contributed by atoms with Crippen molar-refractivity contribution in [3.05, 3.63) is 59.4 Å². The van der Waals surface area contributed by atoms with Gasteiger partial charge in [0.1, 0.15) is 5.75 Å². The first-order valence-electron chi connectivity index (χ1n) is 7.80. The van der Waals surface area contributed by atoms with Crippen LogP contribution < -0.4 is 10.1 Å². The van der Waals surface area contributed by atoms with Gasteiger partial charge in [0.2, 0.25) is 0 Å². The number of methoxy groups -OCH3 is 1. The topological polar surface area (TPSA) is 75.8 Å². The zero-order chi connectivity index (χ0) is 18.4. The molecule has 0 saturated heterocycles. The second-order valence-electron chi connectivity index (χ2n) is 5.21. The van der Waals surface area contributed by atoms with Crippen LogP contribution in [0.2, 0.25) is 5.02 Å². The molecule has 0 bridgehead atoms. The van der Waals surface area contributed by atoms with E-state index in [0.29, 0.717) is 22.5 Å². The van der Waals surface area contributed by atoms with Crippen molar-refractivity contribution in [2.24, 2.45) is 0 Å². The standard InChI is InChI=1S/C18H16ClN5OS/c1-25-14-8-6-13(7-9-14)24-17(22-23-18(24)26-11-10-20)12-21-16-5-3-2-4-15(16)19/h2-9,21H,11-12H2,1H3. The second kappa shape index (κ2) is 8.61. The highest BCUT2D eigenvalue weighted by Gasteiger charge is 2.15. The number of nitrogens with zero attached hydrogens (tertiary/aromatic N) is 4. The highest BCUT2D eigenvalue weighted by molar-refractivity contribution is 7.99. The predicted octanol–water partition coefficient (Wildman–Crippen LogP) is 4.16. The Hall–Kier alpha value is -2.69. The monoisotopic (exact) mass is 385 g/mol. The highest BCUT2D eigenvalue weighted by atomic mass is 35.5. The average molecular weight is 386 g/mol. The zero-order valence-corrected chi connectivity index (χ0v) is 15.6. The molecule has 8 heteroatoms. The van der Waals surface area contributed by atoms with Crippen LogP contribution >= 0.6 is 23.4 Å². The largest absolute Gasteiger partial charge is 0.497 e. The van der Waals surface area contributed by atoms with E-state index in [1.165, 1.54) is 11.8 Å². The SMILES string of the molecule is COc1ccc(-n2c(CNc3ccccc3Cl)nnc2SCC#N)cc1. The van der Waals surface area contributed by atoms with Crippen LogP contribution in [0.3, 0.4) is 0 Å². The number of para-hydroxylation sites is 1. The van der Waals surface area contributed by atoms with Crippen LogP contribution in [0.5, 0.6) is 5.75 Å². The van der Waals surface area contributed by atoms with Crippen molar-refractivity contribution >= 4 is 29.1 Å². The third-order valence-electron chi connectivity index (χ3n) is 3.61. The summed E-state index contributed by atoms with van der Waals surface area (Å²) in [5, 5.41) is 22.0. The maximum Gasteiger partial charge on any atom is 0.196 e. The van der Waals surface area contributed by atoms with E-state index in [0.717, 1.165) is 22.9 Å². The fourth-order valence-electron chi connectivity index (χ4n) is 2.37. The number of ether oxygens (including phenoxy) is 1. The van der Waals surface area contributed by atoms with Crippen molar-refractivity contribution in [1.29, 1.82) is 5.26 Å². The van der Waals surface area contributed by atoms with Crippen LogP contribution in [-0.2, 0) is 6.54 Å². The van der Waals surface area contributed by atoms with Gasteiger partial charge in [-0.15, -0.1) is 10.2 Å². The van der Waals surface area contributed by atoms with Gasteiger partial charge in [-0.3, -0.25) is 4.57 Å². The Bertz CT molecular complexity index is 920. The van der Waals surface area contributed by atoms with E-state index < -0.39 is 0 Å². The second-order valence-corrected chi connectivity index (χ2v) is 6.56. The van der Waals surface area contributed by atoms with Crippen molar-refractivity contribution in [2.75, 3.05) is 18.2 Å². The van der Waals surface area contributed by atoms with Crippen LogP contribution in [0, 0.1) is 11.3 Å². The van der Waals surface area contributed by atoms with Crippen LogP contribution in [0.1, 0.15) is 5.82 Å².